The molecule has 3 rings (SSSR count). The Morgan fingerprint density at radius 2 is 2.31 bits per heavy atom. The zero-order chi connectivity index (χ0) is 11.1. The van der Waals surface area contributed by atoms with E-state index in [9.17, 15) is 4.79 Å². The SMILES string of the molecule is NC(Cn1ccn2nccc2c1=O)C1CC1. The molecule has 0 spiro atoms. The molecule has 0 amide bonds. The van der Waals surface area contributed by atoms with E-state index in [2.05, 4.69) is 5.10 Å². The van der Waals surface area contributed by atoms with Crippen molar-refractivity contribution in [2.45, 2.75) is 25.4 Å². The van der Waals surface area contributed by atoms with Gasteiger partial charge >= 0.3 is 0 Å². The molecule has 2 aromatic heterocycles. The first-order chi connectivity index (χ1) is 7.75. The van der Waals surface area contributed by atoms with Gasteiger partial charge in [0.05, 0.1) is 6.20 Å². The van der Waals surface area contributed by atoms with Crippen molar-refractivity contribution < 1.29 is 0 Å². The molecular weight excluding hydrogens is 204 g/mol. The fourth-order valence-corrected chi connectivity index (χ4v) is 2.01. The molecule has 1 unspecified atom stereocenters. The third kappa shape index (κ3) is 1.53. The maximum absolute atomic E-state index is 12.0. The quantitative estimate of drug-likeness (QED) is 0.802. The van der Waals surface area contributed by atoms with Gasteiger partial charge in [0.25, 0.3) is 5.56 Å². The topological polar surface area (TPSA) is 65.3 Å². The zero-order valence-corrected chi connectivity index (χ0v) is 8.91. The molecule has 5 heteroatoms. The Balaban J connectivity index is 1.96. The van der Waals surface area contributed by atoms with Crippen LogP contribution in [0.15, 0.2) is 29.5 Å². The number of nitrogens with zero attached hydrogens (tertiary/aromatic N) is 3. The van der Waals surface area contributed by atoms with Crippen LogP contribution >= 0.6 is 0 Å². The van der Waals surface area contributed by atoms with Gasteiger partial charge in [0.1, 0.15) is 5.52 Å². The minimum Gasteiger partial charge on any atom is -0.326 e. The van der Waals surface area contributed by atoms with Crippen molar-refractivity contribution in [3.63, 3.8) is 0 Å². The average molecular weight is 218 g/mol. The van der Waals surface area contributed by atoms with E-state index >= 15 is 0 Å². The number of hydrogen-bond donors (Lipinski definition) is 1. The van der Waals surface area contributed by atoms with Gasteiger partial charge in [0, 0.05) is 25.0 Å². The molecule has 1 fully saturated rings. The van der Waals surface area contributed by atoms with E-state index < -0.39 is 0 Å². The summed E-state index contributed by atoms with van der Waals surface area (Å²) in [6.45, 7) is 0.602. The van der Waals surface area contributed by atoms with Crippen LogP contribution in [0.25, 0.3) is 5.52 Å². The lowest BCUT2D eigenvalue weighted by Crippen LogP contribution is -2.33. The molecular formula is C11H14N4O. The standard InChI is InChI=1S/C11H14N4O/c12-9(8-1-2-8)7-14-5-6-15-10(11(14)16)3-4-13-15/h3-6,8-9H,1-2,7,12H2. The fraction of sp³-hybridized carbons (Fsp3) is 0.455. The lowest BCUT2D eigenvalue weighted by Gasteiger charge is -2.12. The van der Waals surface area contributed by atoms with E-state index in [0.717, 1.165) is 0 Å². The first-order valence-corrected chi connectivity index (χ1v) is 5.54. The molecule has 0 aromatic carbocycles. The molecule has 1 atom stereocenters. The summed E-state index contributed by atoms with van der Waals surface area (Å²) in [5, 5.41) is 4.02. The number of nitrogens with two attached hydrogens (primary N) is 1. The molecule has 5 nitrogen and oxygen atoms in total. The van der Waals surface area contributed by atoms with Crippen LogP contribution in [0.3, 0.4) is 0 Å². The maximum Gasteiger partial charge on any atom is 0.276 e. The summed E-state index contributed by atoms with van der Waals surface area (Å²) in [5.41, 5.74) is 6.60. The molecule has 2 aromatic rings. The molecule has 1 saturated carbocycles. The van der Waals surface area contributed by atoms with Crippen molar-refractivity contribution in [2.24, 2.45) is 11.7 Å². The van der Waals surface area contributed by atoms with Crippen LogP contribution in [0, 0.1) is 5.92 Å². The Bertz CT molecular complexity index is 567. The second-order valence-electron chi connectivity index (χ2n) is 4.42. The predicted molar refractivity (Wildman–Crippen MR) is 60.2 cm³/mol. The Morgan fingerprint density at radius 1 is 1.50 bits per heavy atom. The molecule has 0 bridgehead atoms. The number of rotatable bonds is 3. The molecule has 1 aliphatic carbocycles. The highest BCUT2D eigenvalue weighted by atomic mass is 16.1. The summed E-state index contributed by atoms with van der Waals surface area (Å²) in [6, 6.07) is 1.82. The first-order valence-electron chi connectivity index (χ1n) is 5.54. The van der Waals surface area contributed by atoms with Gasteiger partial charge in [0.15, 0.2) is 0 Å². The minimum atomic E-state index is -0.0175. The first kappa shape index (κ1) is 9.59. The highest BCUT2D eigenvalue weighted by Crippen LogP contribution is 2.31. The van der Waals surface area contributed by atoms with Crippen LogP contribution in [0.2, 0.25) is 0 Å². The van der Waals surface area contributed by atoms with E-state index in [-0.39, 0.29) is 11.6 Å². The average Bonchev–Trinajstić information content (AvgIpc) is 3.01. The monoisotopic (exact) mass is 218 g/mol. The van der Waals surface area contributed by atoms with Gasteiger partial charge in [-0.05, 0) is 24.8 Å². The molecule has 84 valence electrons. The molecule has 0 saturated heterocycles. The summed E-state index contributed by atoms with van der Waals surface area (Å²) in [4.78, 5) is 12.0. The smallest absolute Gasteiger partial charge is 0.276 e. The minimum absolute atomic E-state index is 0.0175. The van der Waals surface area contributed by atoms with E-state index in [1.807, 2.05) is 0 Å². The van der Waals surface area contributed by atoms with E-state index in [1.165, 1.54) is 12.8 Å². The highest BCUT2D eigenvalue weighted by molar-refractivity contribution is 5.42. The van der Waals surface area contributed by atoms with Crippen molar-refractivity contribution in [3.8, 4) is 0 Å². The highest BCUT2D eigenvalue weighted by Gasteiger charge is 2.28. The van der Waals surface area contributed by atoms with Gasteiger partial charge < -0.3 is 10.3 Å². The Kier molecular flexibility index (Phi) is 2.07. The van der Waals surface area contributed by atoms with Crippen LogP contribution in [0.4, 0.5) is 0 Å². The van der Waals surface area contributed by atoms with Gasteiger partial charge in [-0.15, -0.1) is 0 Å². The van der Waals surface area contributed by atoms with Crippen LogP contribution in [0.1, 0.15) is 12.8 Å². The summed E-state index contributed by atoms with van der Waals surface area (Å²) in [6.07, 6.45) is 7.57. The maximum atomic E-state index is 12.0. The van der Waals surface area contributed by atoms with E-state index in [4.69, 9.17) is 5.73 Å². The predicted octanol–water partition coefficient (Wildman–Crippen LogP) is 0.233. The number of aromatic nitrogens is 3. The largest absolute Gasteiger partial charge is 0.326 e. The summed E-state index contributed by atoms with van der Waals surface area (Å²) in [7, 11) is 0. The van der Waals surface area contributed by atoms with E-state index in [1.54, 1.807) is 33.7 Å². The molecule has 0 radical (unpaired) electrons. The molecule has 16 heavy (non-hydrogen) atoms. The van der Waals surface area contributed by atoms with Gasteiger partial charge in [0.2, 0.25) is 0 Å². The van der Waals surface area contributed by atoms with Crippen molar-refractivity contribution in [3.05, 3.63) is 35.0 Å². The third-order valence-corrected chi connectivity index (χ3v) is 3.17. The van der Waals surface area contributed by atoms with Crippen molar-refractivity contribution in [2.75, 3.05) is 0 Å². The van der Waals surface area contributed by atoms with E-state index in [0.29, 0.717) is 18.0 Å². The van der Waals surface area contributed by atoms with Crippen molar-refractivity contribution in [1.82, 2.24) is 14.2 Å². The van der Waals surface area contributed by atoms with Crippen LogP contribution in [0.5, 0.6) is 0 Å². The van der Waals surface area contributed by atoms with Gasteiger partial charge in [-0.25, -0.2) is 4.52 Å². The summed E-state index contributed by atoms with van der Waals surface area (Å²) < 4.78 is 3.27. The van der Waals surface area contributed by atoms with Crippen molar-refractivity contribution >= 4 is 5.52 Å². The molecule has 0 aliphatic heterocycles. The Morgan fingerprint density at radius 3 is 3.06 bits per heavy atom. The van der Waals surface area contributed by atoms with Gasteiger partial charge in [-0.2, -0.15) is 5.10 Å². The van der Waals surface area contributed by atoms with Crippen LogP contribution in [-0.2, 0) is 6.54 Å². The Hall–Kier alpha value is -1.62. The van der Waals surface area contributed by atoms with Crippen LogP contribution < -0.4 is 11.3 Å². The normalized spacial score (nSPS) is 17.8. The molecule has 1 aliphatic rings. The number of fused-ring (bicyclic) bond motifs is 1. The molecule has 2 N–H and O–H groups in total. The fourth-order valence-electron chi connectivity index (χ4n) is 2.01. The van der Waals surface area contributed by atoms with Crippen molar-refractivity contribution in [1.29, 1.82) is 0 Å². The summed E-state index contributed by atoms with van der Waals surface area (Å²) in [5.74, 6) is 0.605. The lowest BCUT2D eigenvalue weighted by atomic mass is 10.2. The molecule has 2 heterocycles. The van der Waals surface area contributed by atoms with Gasteiger partial charge in [-0.3, -0.25) is 4.79 Å². The third-order valence-electron chi connectivity index (χ3n) is 3.17. The lowest BCUT2D eigenvalue weighted by molar-refractivity contribution is 0.492. The van der Waals surface area contributed by atoms with Gasteiger partial charge in [-0.1, -0.05) is 0 Å². The second kappa shape index (κ2) is 3.45. The summed E-state index contributed by atoms with van der Waals surface area (Å²) >= 11 is 0. The number of hydrogen-bond acceptors (Lipinski definition) is 3. The zero-order valence-electron chi connectivity index (χ0n) is 8.91. The Labute approximate surface area is 92.5 Å². The van der Waals surface area contributed by atoms with Crippen LogP contribution in [-0.4, -0.2) is 20.2 Å². The second-order valence-corrected chi connectivity index (χ2v) is 4.42.